The molecule has 0 saturated heterocycles. The van der Waals surface area contributed by atoms with E-state index in [-0.39, 0.29) is 0 Å². The Kier molecular flexibility index (Phi) is 6.83. The second kappa shape index (κ2) is 8.77. The summed E-state index contributed by atoms with van der Waals surface area (Å²) in [6.07, 6.45) is 15.0. The quantitative estimate of drug-likeness (QED) is 0.675. The van der Waals surface area contributed by atoms with Crippen LogP contribution in [-0.2, 0) is 4.74 Å². The van der Waals surface area contributed by atoms with Crippen LogP contribution in [0.5, 0.6) is 0 Å². The first kappa shape index (κ1) is 21.0. The Balaban J connectivity index is 1.53. The van der Waals surface area contributed by atoms with E-state index in [1.165, 1.54) is 36.8 Å². The van der Waals surface area contributed by atoms with E-state index >= 15 is 0 Å². The van der Waals surface area contributed by atoms with Gasteiger partial charge in [0.05, 0.1) is 23.9 Å². The molecule has 3 N–H and O–H groups in total. The molecular formula is C23H38O4. The number of ether oxygens (including phenoxy) is 1. The molecule has 154 valence electrons. The maximum absolute atomic E-state index is 9.85. The van der Waals surface area contributed by atoms with Crippen LogP contribution >= 0.6 is 0 Å². The van der Waals surface area contributed by atoms with E-state index in [4.69, 9.17) is 4.74 Å². The highest BCUT2D eigenvalue weighted by molar-refractivity contribution is 5.22. The summed E-state index contributed by atoms with van der Waals surface area (Å²) in [5.74, 6) is 0. The molecule has 0 aliphatic heterocycles. The molecule has 0 heterocycles. The molecule has 0 amide bonds. The number of aliphatic hydroxyl groups excluding tert-OH is 2. The van der Waals surface area contributed by atoms with Gasteiger partial charge in [0, 0.05) is 6.61 Å². The van der Waals surface area contributed by atoms with Crippen molar-refractivity contribution in [2.24, 2.45) is 5.41 Å². The molecule has 0 bridgehead atoms. The summed E-state index contributed by atoms with van der Waals surface area (Å²) in [5, 5.41) is 29.6. The lowest BCUT2D eigenvalue weighted by atomic mass is 9.70. The topological polar surface area (TPSA) is 69.9 Å². The van der Waals surface area contributed by atoms with Gasteiger partial charge in [-0.25, -0.2) is 0 Å². The van der Waals surface area contributed by atoms with E-state index in [0.29, 0.717) is 43.8 Å². The number of aliphatic hydroxyl groups is 3. The van der Waals surface area contributed by atoms with Gasteiger partial charge in [-0.05, 0) is 89.9 Å². The second-order valence-corrected chi connectivity index (χ2v) is 9.93. The number of hydrogen-bond donors (Lipinski definition) is 3. The molecule has 0 aromatic rings. The first-order valence-corrected chi connectivity index (χ1v) is 10.8. The molecule has 0 aromatic heterocycles. The molecule has 0 aromatic carbocycles. The van der Waals surface area contributed by atoms with Gasteiger partial charge < -0.3 is 20.1 Å². The zero-order valence-corrected chi connectivity index (χ0v) is 17.1. The lowest BCUT2D eigenvalue weighted by Gasteiger charge is -2.35. The SMILES string of the molecule is CC(C)(O)CCO[C@@H]1CC[C@]2(CCC/C(=C\C=C3C[C@@H](O)C[C@H](O)C3)C2)C1. The summed E-state index contributed by atoms with van der Waals surface area (Å²) in [4.78, 5) is 0. The van der Waals surface area contributed by atoms with Crippen molar-refractivity contribution in [1.82, 2.24) is 0 Å². The van der Waals surface area contributed by atoms with Gasteiger partial charge in [0.1, 0.15) is 0 Å². The van der Waals surface area contributed by atoms with Crippen molar-refractivity contribution in [3.05, 3.63) is 23.3 Å². The van der Waals surface area contributed by atoms with E-state index in [1.807, 2.05) is 13.8 Å². The number of hydrogen-bond acceptors (Lipinski definition) is 4. The van der Waals surface area contributed by atoms with Crippen LogP contribution in [0.2, 0.25) is 0 Å². The van der Waals surface area contributed by atoms with Crippen molar-refractivity contribution in [1.29, 1.82) is 0 Å². The highest BCUT2D eigenvalue weighted by atomic mass is 16.5. The van der Waals surface area contributed by atoms with Gasteiger partial charge in [-0.2, -0.15) is 0 Å². The van der Waals surface area contributed by atoms with E-state index in [0.717, 1.165) is 19.3 Å². The molecule has 3 aliphatic rings. The summed E-state index contributed by atoms with van der Waals surface area (Å²) in [5.41, 5.74) is 2.44. The average molecular weight is 379 g/mol. The fourth-order valence-corrected chi connectivity index (χ4v) is 5.19. The second-order valence-electron chi connectivity index (χ2n) is 9.93. The van der Waals surface area contributed by atoms with Gasteiger partial charge in [-0.1, -0.05) is 23.3 Å². The molecule has 4 atom stereocenters. The van der Waals surface area contributed by atoms with Crippen LogP contribution in [0.1, 0.15) is 84.5 Å². The van der Waals surface area contributed by atoms with Gasteiger partial charge in [0.15, 0.2) is 0 Å². The van der Waals surface area contributed by atoms with E-state index in [1.54, 1.807) is 0 Å². The molecule has 4 heteroatoms. The molecule has 3 saturated carbocycles. The maximum Gasteiger partial charge on any atom is 0.0613 e. The lowest BCUT2D eigenvalue weighted by Crippen LogP contribution is -2.25. The van der Waals surface area contributed by atoms with Crippen molar-refractivity contribution in [3.8, 4) is 0 Å². The van der Waals surface area contributed by atoms with Crippen LogP contribution in [-0.4, -0.2) is 45.8 Å². The fraction of sp³-hybridized carbons (Fsp3) is 0.826. The summed E-state index contributed by atoms with van der Waals surface area (Å²) < 4.78 is 6.07. The Labute approximate surface area is 164 Å². The molecular weight excluding hydrogens is 340 g/mol. The highest BCUT2D eigenvalue weighted by Crippen LogP contribution is 2.51. The van der Waals surface area contributed by atoms with E-state index in [2.05, 4.69) is 12.2 Å². The van der Waals surface area contributed by atoms with Crippen molar-refractivity contribution in [2.45, 2.75) is 108 Å². The Morgan fingerprint density at radius 3 is 2.52 bits per heavy atom. The third-order valence-electron chi connectivity index (χ3n) is 6.63. The van der Waals surface area contributed by atoms with Gasteiger partial charge in [-0.15, -0.1) is 0 Å². The van der Waals surface area contributed by atoms with Gasteiger partial charge in [0.25, 0.3) is 0 Å². The number of rotatable bonds is 5. The zero-order chi connectivity index (χ0) is 19.5. The average Bonchev–Trinajstić information content (AvgIpc) is 2.93. The minimum absolute atomic E-state index is 0.341. The molecule has 27 heavy (non-hydrogen) atoms. The molecule has 0 radical (unpaired) electrons. The molecule has 0 unspecified atom stereocenters. The zero-order valence-electron chi connectivity index (χ0n) is 17.1. The Bertz CT molecular complexity index is 547. The predicted molar refractivity (Wildman–Crippen MR) is 107 cm³/mol. The van der Waals surface area contributed by atoms with Crippen molar-refractivity contribution in [2.75, 3.05) is 6.61 Å². The van der Waals surface area contributed by atoms with Gasteiger partial charge in [-0.3, -0.25) is 0 Å². The Hall–Kier alpha value is -0.680. The highest BCUT2D eigenvalue weighted by Gasteiger charge is 2.41. The maximum atomic E-state index is 9.85. The van der Waals surface area contributed by atoms with Crippen molar-refractivity contribution >= 4 is 0 Å². The third kappa shape index (κ3) is 6.42. The third-order valence-corrected chi connectivity index (χ3v) is 6.63. The van der Waals surface area contributed by atoms with E-state index in [9.17, 15) is 15.3 Å². The first-order chi connectivity index (χ1) is 12.7. The van der Waals surface area contributed by atoms with Crippen molar-refractivity contribution < 1.29 is 20.1 Å². The minimum atomic E-state index is -0.648. The van der Waals surface area contributed by atoms with Crippen LogP contribution in [0.4, 0.5) is 0 Å². The molecule has 3 aliphatic carbocycles. The largest absolute Gasteiger partial charge is 0.393 e. The van der Waals surface area contributed by atoms with Gasteiger partial charge >= 0.3 is 0 Å². The molecule has 4 nitrogen and oxygen atoms in total. The first-order valence-electron chi connectivity index (χ1n) is 10.8. The van der Waals surface area contributed by atoms with Crippen LogP contribution in [0.15, 0.2) is 23.3 Å². The molecule has 3 fully saturated rings. The van der Waals surface area contributed by atoms with E-state index < -0.39 is 17.8 Å². The normalized spacial score (nSPS) is 36.6. The van der Waals surface area contributed by atoms with Crippen LogP contribution in [0.3, 0.4) is 0 Å². The fourth-order valence-electron chi connectivity index (χ4n) is 5.19. The standard InChI is InChI=1S/C23H38O4/c1-22(2,26)10-11-27-21-7-9-23(16-21)8-3-4-17(15-23)5-6-18-12-19(24)14-20(25)13-18/h5-6,19-21,24-26H,3-4,7-16H2,1-2H3/b17-5+/t19-,20-,21-,23+/m1/s1. The predicted octanol–water partition coefficient (Wildman–Crippen LogP) is 4.04. The molecule has 1 spiro atoms. The summed E-state index contributed by atoms with van der Waals surface area (Å²) in [6.45, 7) is 4.32. The van der Waals surface area contributed by atoms with Crippen LogP contribution < -0.4 is 0 Å². The lowest BCUT2D eigenvalue weighted by molar-refractivity contribution is -0.00379. The van der Waals surface area contributed by atoms with Crippen LogP contribution in [0, 0.1) is 5.41 Å². The van der Waals surface area contributed by atoms with Gasteiger partial charge in [0.2, 0.25) is 0 Å². The monoisotopic (exact) mass is 378 g/mol. The minimum Gasteiger partial charge on any atom is -0.393 e. The Morgan fingerprint density at radius 2 is 1.81 bits per heavy atom. The Morgan fingerprint density at radius 1 is 1.11 bits per heavy atom. The van der Waals surface area contributed by atoms with Crippen molar-refractivity contribution in [3.63, 3.8) is 0 Å². The van der Waals surface area contributed by atoms with Crippen LogP contribution in [0.25, 0.3) is 0 Å². The summed E-state index contributed by atoms with van der Waals surface area (Å²) >= 11 is 0. The molecule has 3 rings (SSSR count). The number of allylic oxidation sites excluding steroid dienone is 3. The smallest absolute Gasteiger partial charge is 0.0613 e. The summed E-state index contributed by atoms with van der Waals surface area (Å²) in [6, 6.07) is 0. The summed E-state index contributed by atoms with van der Waals surface area (Å²) in [7, 11) is 0.